The maximum absolute atomic E-state index is 9.10. The third kappa shape index (κ3) is 3.81. The number of likely N-dealkylation sites (N-methyl/N-ethyl adjacent to an activating group) is 1. The highest BCUT2D eigenvalue weighted by molar-refractivity contribution is 7.80. The lowest BCUT2D eigenvalue weighted by Gasteiger charge is -2.27. The first-order valence-electron chi connectivity index (χ1n) is 5.66. The second-order valence-corrected chi connectivity index (χ2v) is 4.63. The second-order valence-electron chi connectivity index (χ2n) is 4.26. The maximum Gasteiger partial charge on any atom is 0.0584 e. The van der Waals surface area contributed by atoms with E-state index >= 15 is 0 Å². The summed E-state index contributed by atoms with van der Waals surface area (Å²) < 4.78 is 0. The standard InChI is InChI=1S/C13H21NOS/c1-11(9-15)14(2)8-13(10-16)12-6-4-3-5-7-12/h3-7,11,13,15-16H,8-10H2,1-2H3. The third-order valence-electron chi connectivity index (χ3n) is 3.02. The van der Waals surface area contributed by atoms with E-state index in [0.29, 0.717) is 5.92 Å². The van der Waals surface area contributed by atoms with Gasteiger partial charge in [-0.05, 0) is 25.3 Å². The molecule has 0 saturated carbocycles. The first-order chi connectivity index (χ1) is 7.69. The summed E-state index contributed by atoms with van der Waals surface area (Å²) in [5, 5.41) is 9.10. The number of thiol groups is 1. The number of aliphatic hydroxyl groups is 1. The molecule has 0 fully saturated rings. The predicted octanol–water partition coefficient (Wildman–Crippen LogP) is 2.01. The minimum absolute atomic E-state index is 0.199. The number of rotatable bonds is 6. The number of hydrogen-bond donors (Lipinski definition) is 2. The van der Waals surface area contributed by atoms with E-state index in [2.05, 4.69) is 41.8 Å². The Balaban J connectivity index is 2.62. The molecule has 0 radical (unpaired) electrons. The van der Waals surface area contributed by atoms with Gasteiger partial charge in [0.1, 0.15) is 0 Å². The average Bonchev–Trinajstić information content (AvgIpc) is 2.35. The molecule has 0 bridgehead atoms. The highest BCUT2D eigenvalue weighted by Gasteiger charge is 2.15. The second kappa shape index (κ2) is 6.94. The zero-order valence-corrected chi connectivity index (χ0v) is 10.9. The molecule has 0 aliphatic rings. The van der Waals surface area contributed by atoms with Gasteiger partial charge in [-0.3, -0.25) is 0 Å². The molecule has 16 heavy (non-hydrogen) atoms. The molecule has 2 nitrogen and oxygen atoms in total. The van der Waals surface area contributed by atoms with Crippen LogP contribution in [0, 0.1) is 0 Å². The van der Waals surface area contributed by atoms with Gasteiger partial charge in [0.2, 0.25) is 0 Å². The first-order valence-corrected chi connectivity index (χ1v) is 6.29. The van der Waals surface area contributed by atoms with Crippen LogP contribution >= 0.6 is 12.6 Å². The van der Waals surface area contributed by atoms with Gasteiger partial charge in [0.25, 0.3) is 0 Å². The van der Waals surface area contributed by atoms with E-state index < -0.39 is 0 Å². The van der Waals surface area contributed by atoms with Crippen LogP contribution in [0.25, 0.3) is 0 Å². The van der Waals surface area contributed by atoms with Crippen molar-refractivity contribution in [3.05, 3.63) is 35.9 Å². The summed E-state index contributed by atoms with van der Waals surface area (Å²) in [6, 6.07) is 10.6. The third-order valence-corrected chi connectivity index (χ3v) is 3.46. The summed E-state index contributed by atoms with van der Waals surface area (Å²) >= 11 is 4.41. The van der Waals surface area contributed by atoms with Crippen LogP contribution in [0.1, 0.15) is 18.4 Å². The van der Waals surface area contributed by atoms with Crippen LogP contribution < -0.4 is 0 Å². The molecule has 0 aliphatic heterocycles. The fourth-order valence-electron chi connectivity index (χ4n) is 1.66. The van der Waals surface area contributed by atoms with Gasteiger partial charge in [0.15, 0.2) is 0 Å². The highest BCUT2D eigenvalue weighted by Crippen LogP contribution is 2.18. The van der Waals surface area contributed by atoms with Gasteiger partial charge in [-0.1, -0.05) is 30.3 Å². The summed E-state index contributed by atoms with van der Waals surface area (Å²) in [4.78, 5) is 2.17. The van der Waals surface area contributed by atoms with Crippen molar-refractivity contribution in [2.45, 2.75) is 18.9 Å². The Kier molecular flexibility index (Phi) is 5.88. The molecule has 0 amide bonds. The van der Waals surface area contributed by atoms with E-state index in [1.54, 1.807) is 0 Å². The fourth-order valence-corrected chi connectivity index (χ4v) is 1.99. The minimum atomic E-state index is 0.199. The molecule has 0 aliphatic carbocycles. The summed E-state index contributed by atoms with van der Waals surface area (Å²) in [5.41, 5.74) is 1.31. The largest absolute Gasteiger partial charge is 0.395 e. The summed E-state index contributed by atoms with van der Waals surface area (Å²) in [6.07, 6.45) is 0. The lowest BCUT2D eigenvalue weighted by atomic mass is 10.0. The minimum Gasteiger partial charge on any atom is -0.395 e. The Labute approximate surface area is 104 Å². The van der Waals surface area contributed by atoms with Crippen LogP contribution in [0.15, 0.2) is 30.3 Å². The number of benzene rings is 1. The molecular weight excluding hydrogens is 218 g/mol. The number of hydrogen-bond acceptors (Lipinski definition) is 3. The molecule has 1 N–H and O–H groups in total. The van der Waals surface area contributed by atoms with Crippen molar-refractivity contribution in [2.24, 2.45) is 0 Å². The summed E-state index contributed by atoms with van der Waals surface area (Å²) in [5.74, 6) is 1.25. The van der Waals surface area contributed by atoms with Crippen molar-refractivity contribution in [1.82, 2.24) is 4.90 Å². The Bertz CT molecular complexity index is 291. The first kappa shape index (κ1) is 13.6. The van der Waals surface area contributed by atoms with Gasteiger partial charge >= 0.3 is 0 Å². The van der Waals surface area contributed by atoms with Crippen LogP contribution in [0.2, 0.25) is 0 Å². The van der Waals surface area contributed by atoms with E-state index in [4.69, 9.17) is 5.11 Å². The average molecular weight is 239 g/mol. The normalized spacial score (nSPS) is 15.1. The molecule has 2 atom stereocenters. The van der Waals surface area contributed by atoms with Gasteiger partial charge in [-0.15, -0.1) is 0 Å². The van der Waals surface area contributed by atoms with Crippen LogP contribution in [-0.2, 0) is 0 Å². The Morgan fingerprint density at radius 2 is 1.94 bits per heavy atom. The van der Waals surface area contributed by atoms with E-state index in [0.717, 1.165) is 12.3 Å². The lowest BCUT2D eigenvalue weighted by molar-refractivity contribution is 0.155. The Morgan fingerprint density at radius 3 is 2.44 bits per heavy atom. The number of aliphatic hydroxyl groups excluding tert-OH is 1. The van der Waals surface area contributed by atoms with Crippen molar-refractivity contribution < 1.29 is 5.11 Å². The van der Waals surface area contributed by atoms with E-state index in [-0.39, 0.29) is 12.6 Å². The van der Waals surface area contributed by atoms with Gasteiger partial charge in [-0.25, -0.2) is 0 Å². The van der Waals surface area contributed by atoms with E-state index in [1.165, 1.54) is 5.56 Å². The van der Waals surface area contributed by atoms with Crippen LogP contribution in [0.4, 0.5) is 0 Å². The molecule has 0 heterocycles. The predicted molar refractivity (Wildman–Crippen MR) is 72.2 cm³/mol. The fraction of sp³-hybridized carbons (Fsp3) is 0.538. The SMILES string of the molecule is CC(CO)N(C)CC(CS)c1ccccc1. The van der Waals surface area contributed by atoms with Crippen molar-refractivity contribution >= 4 is 12.6 Å². The van der Waals surface area contributed by atoms with Crippen molar-refractivity contribution in [1.29, 1.82) is 0 Å². The summed E-state index contributed by atoms with van der Waals surface area (Å²) in [6.45, 7) is 3.15. The quantitative estimate of drug-likeness (QED) is 0.742. The highest BCUT2D eigenvalue weighted by atomic mass is 32.1. The lowest BCUT2D eigenvalue weighted by Crippen LogP contribution is -2.35. The van der Waals surface area contributed by atoms with Crippen molar-refractivity contribution in [3.63, 3.8) is 0 Å². The molecule has 0 spiro atoms. The summed E-state index contributed by atoms with van der Waals surface area (Å²) in [7, 11) is 2.04. The van der Waals surface area contributed by atoms with E-state index in [1.807, 2.05) is 20.0 Å². The smallest absolute Gasteiger partial charge is 0.0584 e. The van der Waals surface area contributed by atoms with Crippen LogP contribution in [0.5, 0.6) is 0 Å². The monoisotopic (exact) mass is 239 g/mol. The molecule has 1 aromatic rings. The van der Waals surface area contributed by atoms with Gasteiger partial charge in [-0.2, -0.15) is 12.6 Å². The maximum atomic E-state index is 9.10. The molecule has 90 valence electrons. The van der Waals surface area contributed by atoms with Gasteiger partial charge in [0.05, 0.1) is 6.61 Å². The van der Waals surface area contributed by atoms with Gasteiger partial charge < -0.3 is 10.0 Å². The Hall–Kier alpha value is -0.510. The van der Waals surface area contributed by atoms with E-state index in [9.17, 15) is 0 Å². The topological polar surface area (TPSA) is 23.5 Å². The van der Waals surface area contributed by atoms with Crippen LogP contribution in [-0.4, -0.2) is 42.0 Å². The zero-order valence-electron chi connectivity index (χ0n) is 10.0. The molecule has 1 rings (SSSR count). The molecule has 0 saturated heterocycles. The number of nitrogens with zero attached hydrogens (tertiary/aromatic N) is 1. The molecule has 2 unspecified atom stereocenters. The van der Waals surface area contributed by atoms with Crippen molar-refractivity contribution in [3.8, 4) is 0 Å². The van der Waals surface area contributed by atoms with Gasteiger partial charge in [0, 0.05) is 18.5 Å². The molecule has 0 aromatic heterocycles. The van der Waals surface area contributed by atoms with Crippen LogP contribution in [0.3, 0.4) is 0 Å². The molecular formula is C13H21NOS. The molecule has 1 aromatic carbocycles. The Morgan fingerprint density at radius 1 is 1.31 bits per heavy atom. The molecule has 3 heteroatoms. The zero-order chi connectivity index (χ0) is 12.0. The van der Waals surface area contributed by atoms with Crippen molar-refractivity contribution in [2.75, 3.05) is 26.0 Å².